The number of carbonyl (C=O) groups is 2. The molecule has 0 aliphatic carbocycles. The molecule has 0 amide bonds. The standard InChI is InChI=1S/C19H20O4/c20-18(22-16-10-4-1-5-11-16)14-8-3-9-15-19(21)23-17-12-6-2-7-13-17/h1-2,4-7,10-13H,3,8-9,14-15H2. The van der Waals surface area contributed by atoms with Gasteiger partial charge in [0.05, 0.1) is 0 Å². The molecule has 0 unspecified atom stereocenters. The van der Waals surface area contributed by atoms with Crippen molar-refractivity contribution in [1.82, 2.24) is 0 Å². The zero-order valence-electron chi connectivity index (χ0n) is 12.9. The summed E-state index contributed by atoms with van der Waals surface area (Å²) in [4.78, 5) is 23.3. The molecule has 0 heterocycles. The van der Waals surface area contributed by atoms with E-state index in [4.69, 9.17) is 9.47 Å². The number of hydrogen-bond donors (Lipinski definition) is 0. The fourth-order valence-corrected chi connectivity index (χ4v) is 2.06. The lowest BCUT2D eigenvalue weighted by Gasteiger charge is -2.05. The molecule has 0 atom stereocenters. The predicted molar refractivity (Wildman–Crippen MR) is 87.2 cm³/mol. The molecule has 0 aliphatic heterocycles. The van der Waals surface area contributed by atoms with E-state index >= 15 is 0 Å². The van der Waals surface area contributed by atoms with E-state index in [9.17, 15) is 9.59 Å². The lowest BCUT2D eigenvalue weighted by atomic mass is 10.1. The molecule has 0 saturated heterocycles. The molecule has 4 heteroatoms. The third-order valence-electron chi connectivity index (χ3n) is 3.21. The molecular weight excluding hydrogens is 292 g/mol. The first-order valence-corrected chi connectivity index (χ1v) is 7.75. The van der Waals surface area contributed by atoms with Crippen molar-refractivity contribution in [2.24, 2.45) is 0 Å². The fraction of sp³-hybridized carbons (Fsp3) is 0.263. The number of ether oxygens (including phenoxy) is 2. The molecule has 2 rings (SSSR count). The Hall–Kier alpha value is -2.62. The summed E-state index contributed by atoms with van der Waals surface area (Å²) in [5, 5.41) is 0. The van der Waals surface area contributed by atoms with Crippen molar-refractivity contribution >= 4 is 11.9 Å². The Morgan fingerprint density at radius 3 is 1.39 bits per heavy atom. The van der Waals surface area contributed by atoms with E-state index in [1.165, 1.54) is 0 Å². The summed E-state index contributed by atoms with van der Waals surface area (Å²) in [5.41, 5.74) is 0. The molecule has 0 bridgehead atoms. The van der Waals surface area contributed by atoms with Crippen molar-refractivity contribution < 1.29 is 19.1 Å². The minimum Gasteiger partial charge on any atom is -0.427 e. The van der Waals surface area contributed by atoms with Crippen LogP contribution in [0.25, 0.3) is 0 Å². The van der Waals surface area contributed by atoms with Crippen molar-refractivity contribution in [3.63, 3.8) is 0 Å². The molecule has 0 aliphatic rings. The first kappa shape index (κ1) is 16.7. The topological polar surface area (TPSA) is 52.6 Å². The normalized spacial score (nSPS) is 10.1. The van der Waals surface area contributed by atoms with E-state index < -0.39 is 0 Å². The smallest absolute Gasteiger partial charge is 0.311 e. The molecule has 0 fully saturated rings. The number of para-hydroxylation sites is 2. The Bertz CT molecular complexity index is 552. The molecule has 23 heavy (non-hydrogen) atoms. The van der Waals surface area contributed by atoms with Gasteiger partial charge in [-0.15, -0.1) is 0 Å². The number of carbonyl (C=O) groups excluding carboxylic acids is 2. The summed E-state index contributed by atoms with van der Waals surface area (Å²) in [7, 11) is 0. The van der Waals surface area contributed by atoms with Crippen molar-refractivity contribution in [1.29, 1.82) is 0 Å². The maximum absolute atomic E-state index is 11.6. The highest BCUT2D eigenvalue weighted by molar-refractivity contribution is 5.72. The van der Waals surface area contributed by atoms with Crippen LogP contribution in [0.2, 0.25) is 0 Å². The SMILES string of the molecule is O=C(CCCCCC(=O)Oc1ccccc1)Oc1ccccc1. The Kier molecular flexibility index (Phi) is 6.85. The van der Waals surface area contributed by atoms with E-state index in [0.717, 1.165) is 6.42 Å². The van der Waals surface area contributed by atoms with Gasteiger partial charge in [0.25, 0.3) is 0 Å². The summed E-state index contributed by atoms with van der Waals surface area (Å²) >= 11 is 0. The molecule has 0 radical (unpaired) electrons. The van der Waals surface area contributed by atoms with E-state index in [0.29, 0.717) is 37.2 Å². The molecule has 4 nitrogen and oxygen atoms in total. The average molecular weight is 312 g/mol. The second-order valence-electron chi connectivity index (χ2n) is 5.13. The van der Waals surface area contributed by atoms with Crippen molar-refractivity contribution in [3.05, 3.63) is 60.7 Å². The van der Waals surface area contributed by atoms with Crippen LogP contribution >= 0.6 is 0 Å². The maximum atomic E-state index is 11.6. The van der Waals surface area contributed by atoms with Gasteiger partial charge in [0, 0.05) is 12.8 Å². The minimum atomic E-state index is -0.247. The van der Waals surface area contributed by atoms with Gasteiger partial charge >= 0.3 is 11.9 Å². The number of benzene rings is 2. The first-order chi connectivity index (χ1) is 11.2. The van der Waals surface area contributed by atoms with Gasteiger partial charge in [-0.25, -0.2) is 0 Å². The largest absolute Gasteiger partial charge is 0.427 e. The van der Waals surface area contributed by atoms with Crippen LogP contribution in [-0.2, 0) is 9.59 Å². The van der Waals surface area contributed by atoms with Gasteiger partial charge in [0.1, 0.15) is 11.5 Å². The molecular formula is C19H20O4. The van der Waals surface area contributed by atoms with Crippen LogP contribution in [0.3, 0.4) is 0 Å². The van der Waals surface area contributed by atoms with Crippen LogP contribution in [0.4, 0.5) is 0 Å². The van der Waals surface area contributed by atoms with Crippen LogP contribution in [0.5, 0.6) is 11.5 Å². The zero-order valence-corrected chi connectivity index (χ0v) is 12.9. The second kappa shape index (κ2) is 9.41. The van der Waals surface area contributed by atoms with Gasteiger partial charge in [-0.05, 0) is 37.1 Å². The molecule has 0 spiro atoms. The highest BCUT2D eigenvalue weighted by atomic mass is 16.5. The van der Waals surface area contributed by atoms with E-state index in [1.807, 2.05) is 36.4 Å². The molecule has 120 valence electrons. The quantitative estimate of drug-likeness (QED) is 0.417. The van der Waals surface area contributed by atoms with Crippen LogP contribution < -0.4 is 9.47 Å². The fourth-order valence-electron chi connectivity index (χ4n) is 2.06. The number of esters is 2. The maximum Gasteiger partial charge on any atom is 0.311 e. The van der Waals surface area contributed by atoms with Gasteiger partial charge in [-0.1, -0.05) is 42.8 Å². The van der Waals surface area contributed by atoms with E-state index in [-0.39, 0.29) is 11.9 Å². The summed E-state index contributed by atoms with van der Waals surface area (Å²) in [6.45, 7) is 0. The van der Waals surface area contributed by atoms with Crippen LogP contribution in [0.15, 0.2) is 60.7 Å². The number of rotatable bonds is 8. The third-order valence-corrected chi connectivity index (χ3v) is 3.21. The zero-order chi connectivity index (χ0) is 16.3. The van der Waals surface area contributed by atoms with Gasteiger partial charge < -0.3 is 9.47 Å². The van der Waals surface area contributed by atoms with Crippen LogP contribution in [0, 0.1) is 0 Å². The minimum absolute atomic E-state index is 0.247. The molecule has 2 aromatic rings. The lowest BCUT2D eigenvalue weighted by Crippen LogP contribution is -2.09. The number of hydrogen-bond acceptors (Lipinski definition) is 4. The third kappa shape index (κ3) is 6.78. The van der Waals surface area contributed by atoms with Gasteiger partial charge in [0.15, 0.2) is 0 Å². The lowest BCUT2D eigenvalue weighted by molar-refractivity contribution is -0.134. The molecule has 0 saturated carbocycles. The summed E-state index contributed by atoms with van der Waals surface area (Å²) in [6, 6.07) is 18.0. The van der Waals surface area contributed by atoms with Crippen molar-refractivity contribution in [2.75, 3.05) is 0 Å². The Labute approximate surface area is 136 Å². The number of unbranched alkanes of at least 4 members (excludes halogenated alkanes) is 2. The van der Waals surface area contributed by atoms with E-state index in [1.54, 1.807) is 24.3 Å². The van der Waals surface area contributed by atoms with Crippen LogP contribution in [0.1, 0.15) is 32.1 Å². The van der Waals surface area contributed by atoms with Gasteiger partial charge in [-0.2, -0.15) is 0 Å². The highest BCUT2D eigenvalue weighted by Gasteiger charge is 2.06. The Morgan fingerprint density at radius 2 is 1.00 bits per heavy atom. The van der Waals surface area contributed by atoms with Crippen molar-refractivity contribution in [2.45, 2.75) is 32.1 Å². The summed E-state index contributed by atoms with van der Waals surface area (Å²) in [6.07, 6.45) is 2.88. The monoisotopic (exact) mass is 312 g/mol. The Balaban J connectivity index is 1.55. The molecule has 0 aromatic heterocycles. The summed E-state index contributed by atoms with van der Waals surface area (Å²) in [5.74, 6) is 0.624. The van der Waals surface area contributed by atoms with Crippen molar-refractivity contribution in [3.8, 4) is 11.5 Å². The second-order valence-corrected chi connectivity index (χ2v) is 5.13. The van der Waals surface area contributed by atoms with E-state index in [2.05, 4.69) is 0 Å². The molecule has 0 N–H and O–H groups in total. The highest BCUT2D eigenvalue weighted by Crippen LogP contribution is 2.13. The summed E-state index contributed by atoms with van der Waals surface area (Å²) < 4.78 is 10.4. The van der Waals surface area contributed by atoms with Crippen LogP contribution in [-0.4, -0.2) is 11.9 Å². The van der Waals surface area contributed by atoms with Gasteiger partial charge in [0.2, 0.25) is 0 Å². The Morgan fingerprint density at radius 1 is 0.609 bits per heavy atom. The predicted octanol–water partition coefficient (Wildman–Crippen LogP) is 4.15. The molecule has 2 aromatic carbocycles. The average Bonchev–Trinajstić information content (AvgIpc) is 2.56. The van der Waals surface area contributed by atoms with Gasteiger partial charge in [-0.3, -0.25) is 9.59 Å². The first-order valence-electron chi connectivity index (χ1n) is 7.75.